The Morgan fingerprint density at radius 3 is 2.47 bits per heavy atom. The molecule has 10 nitrogen and oxygen atoms in total. The number of rotatable bonds is 7. The first-order valence-electron chi connectivity index (χ1n) is 11.9. The molecule has 3 fully saturated rings. The largest absolute Gasteiger partial charge is 0.477 e. The van der Waals surface area contributed by atoms with Gasteiger partial charge in [-0.05, 0) is 13.3 Å². The number of β-lactam (4-membered cyclic amide) rings is 1. The average Bonchev–Trinajstić information content (AvgIpc) is 3.29. The second kappa shape index (κ2) is 9.25. The minimum absolute atomic E-state index is 0.0168. The number of piperazine rings is 1. The maximum Gasteiger partial charge on any atom is 0.353 e. The number of carboxylic acid groups (broad SMARTS) is 1. The molecule has 0 aromatic heterocycles. The van der Waals surface area contributed by atoms with Crippen LogP contribution in [0.1, 0.15) is 27.2 Å². The molecule has 188 valence electrons. The van der Waals surface area contributed by atoms with Gasteiger partial charge in [-0.3, -0.25) is 14.4 Å². The molecule has 11 heteroatoms. The molecule has 34 heavy (non-hydrogen) atoms. The van der Waals surface area contributed by atoms with E-state index < -0.39 is 18.0 Å². The van der Waals surface area contributed by atoms with Crippen molar-refractivity contribution in [2.24, 2.45) is 11.8 Å². The highest BCUT2D eigenvalue weighted by atomic mass is 32.2. The normalized spacial score (nSPS) is 33.6. The van der Waals surface area contributed by atoms with Crippen molar-refractivity contribution in [1.82, 2.24) is 15.1 Å². The number of aliphatic carboxylic acids is 1. The van der Waals surface area contributed by atoms with Crippen molar-refractivity contribution in [3.05, 3.63) is 10.6 Å². The number of likely N-dealkylation sites (N-methyl/N-ethyl adjacent to an activating group) is 1. The lowest BCUT2D eigenvalue weighted by Gasteiger charge is -2.46. The van der Waals surface area contributed by atoms with Crippen LogP contribution in [0.15, 0.2) is 10.6 Å². The van der Waals surface area contributed by atoms with E-state index in [1.54, 1.807) is 13.8 Å². The van der Waals surface area contributed by atoms with Crippen molar-refractivity contribution >= 4 is 35.3 Å². The van der Waals surface area contributed by atoms with E-state index in [4.69, 9.17) is 0 Å². The maximum absolute atomic E-state index is 13.1. The van der Waals surface area contributed by atoms with Gasteiger partial charge < -0.3 is 29.8 Å². The number of hydrogen-bond donors (Lipinski definition) is 3. The number of nitrogens with zero attached hydrogens (tertiary/aromatic N) is 3. The molecule has 0 unspecified atom stereocenters. The molecule has 6 atom stereocenters. The molecule has 2 amide bonds. The van der Waals surface area contributed by atoms with Gasteiger partial charge in [-0.15, -0.1) is 11.8 Å². The summed E-state index contributed by atoms with van der Waals surface area (Å²) in [6, 6.07) is -0.652. The molecule has 4 aliphatic rings. The topological polar surface area (TPSA) is 127 Å². The number of Topliss-reactive ketones (excluding diaryl/α,β-unsaturated/α-hetero) is 1. The van der Waals surface area contributed by atoms with Crippen LogP contribution in [0, 0.1) is 11.8 Å². The summed E-state index contributed by atoms with van der Waals surface area (Å²) in [6.45, 7) is 8.86. The van der Waals surface area contributed by atoms with Crippen LogP contribution in [0.2, 0.25) is 0 Å². The summed E-state index contributed by atoms with van der Waals surface area (Å²) in [7, 11) is 2.05. The molecule has 4 rings (SSSR count). The molecule has 0 aromatic rings. The fraction of sp³-hybridized carbons (Fsp3) is 0.739. The van der Waals surface area contributed by atoms with Crippen molar-refractivity contribution < 1.29 is 33.9 Å². The van der Waals surface area contributed by atoms with Crippen LogP contribution in [0.3, 0.4) is 0 Å². The minimum Gasteiger partial charge on any atom is -0.477 e. The van der Waals surface area contributed by atoms with Crippen molar-refractivity contribution in [1.29, 1.82) is 0 Å². The highest BCUT2D eigenvalue weighted by Gasteiger charge is 2.60. The third-order valence-electron chi connectivity index (χ3n) is 7.73. The van der Waals surface area contributed by atoms with Gasteiger partial charge in [0.1, 0.15) is 12.2 Å². The number of thioether (sulfide) groups is 1. The molecular weight excluding hydrogens is 460 g/mol. The quantitative estimate of drug-likeness (QED) is 0.318. The SMILES string of the molecule is CC(=O)C[N+]1(C)CCN(C(=O)[C@@H]2C[C@H](SC3=C(C(=O)O)N4C(=O)[C@H]([C@@H](C)O)[C@H]4[C@H]3C)CN2)CC1. The van der Waals surface area contributed by atoms with E-state index in [-0.39, 0.29) is 46.5 Å². The van der Waals surface area contributed by atoms with Gasteiger partial charge >= 0.3 is 5.97 Å². The first-order valence-corrected chi connectivity index (χ1v) is 12.8. The van der Waals surface area contributed by atoms with Gasteiger partial charge in [-0.1, -0.05) is 6.92 Å². The smallest absolute Gasteiger partial charge is 0.353 e. The van der Waals surface area contributed by atoms with Crippen molar-refractivity contribution in [3.8, 4) is 0 Å². The summed E-state index contributed by atoms with van der Waals surface area (Å²) in [5.41, 5.74) is 0.0257. The molecule has 0 spiro atoms. The number of carboxylic acids is 1. The molecule has 0 aromatic carbocycles. The molecule has 0 bridgehead atoms. The Morgan fingerprint density at radius 2 is 1.91 bits per heavy atom. The summed E-state index contributed by atoms with van der Waals surface area (Å²) in [5, 5.41) is 23.1. The Labute approximate surface area is 203 Å². The van der Waals surface area contributed by atoms with Crippen LogP contribution < -0.4 is 5.32 Å². The second-order valence-corrected chi connectivity index (χ2v) is 11.8. The van der Waals surface area contributed by atoms with E-state index in [1.807, 2.05) is 11.8 Å². The Kier molecular flexibility index (Phi) is 6.84. The molecular formula is C23H35N4O6S+. The van der Waals surface area contributed by atoms with Crippen molar-refractivity contribution in [2.75, 3.05) is 46.3 Å². The maximum atomic E-state index is 13.1. The van der Waals surface area contributed by atoms with Gasteiger partial charge in [-0.2, -0.15) is 0 Å². The number of fused-ring (bicyclic) bond motifs is 1. The van der Waals surface area contributed by atoms with E-state index in [0.717, 1.165) is 13.1 Å². The number of aliphatic hydroxyl groups is 1. The van der Waals surface area contributed by atoms with Gasteiger partial charge in [0.05, 0.1) is 57.3 Å². The van der Waals surface area contributed by atoms with Crippen LogP contribution in [-0.2, 0) is 19.2 Å². The molecule has 3 N–H and O–H groups in total. The highest BCUT2D eigenvalue weighted by Crippen LogP contribution is 2.51. The summed E-state index contributed by atoms with van der Waals surface area (Å²) < 4.78 is 0.656. The Hall–Kier alpha value is -1.95. The van der Waals surface area contributed by atoms with E-state index in [9.17, 15) is 29.4 Å². The third kappa shape index (κ3) is 4.38. The minimum atomic E-state index is -1.13. The number of hydrogen-bond acceptors (Lipinski definition) is 7. The Morgan fingerprint density at radius 1 is 1.26 bits per heavy atom. The predicted molar refractivity (Wildman–Crippen MR) is 125 cm³/mol. The molecule has 0 aliphatic carbocycles. The van der Waals surface area contributed by atoms with Gasteiger partial charge in [0.15, 0.2) is 5.78 Å². The monoisotopic (exact) mass is 495 g/mol. The molecule has 3 saturated heterocycles. The standard InChI is InChI=1S/C23H34N4O6S/c1-12(28)11-27(4)7-5-25(6-8-27)21(30)16-9-15(10-24-16)34-20-13(2)18-17(14(3)29)22(31)26(18)19(20)23(32)33/h13-18,24,29H,5-11H2,1-4H3/p+1/t13-,14-,15+,16+,17-,18-/m1/s1. The summed E-state index contributed by atoms with van der Waals surface area (Å²) in [4.78, 5) is 53.1. The zero-order valence-electron chi connectivity index (χ0n) is 20.2. The summed E-state index contributed by atoms with van der Waals surface area (Å²) in [6.07, 6.45) is -0.243. The lowest BCUT2D eigenvalue weighted by atomic mass is 9.79. The van der Waals surface area contributed by atoms with E-state index in [0.29, 0.717) is 42.0 Å². The molecule has 0 radical (unpaired) electrons. The summed E-state index contributed by atoms with van der Waals surface area (Å²) >= 11 is 1.45. The van der Waals surface area contributed by atoms with Gasteiger partial charge in [0.25, 0.3) is 0 Å². The molecule has 0 saturated carbocycles. The molecule has 4 aliphatic heterocycles. The van der Waals surface area contributed by atoms with Crippen molar-refractivity contribution in [2.45, 2.75) is 50.6 Å². The average molecular weight is 496 g/mol. The van der Waals surface area contributed by atoms with Crippen LogP contribution in [-0.4, -0.2) is 118 Å². The zero-order valence-corrected chi connectivity index (χ0v) is 21.0. The van der Waals surface area contributed by atoms with Crippen LogP contribution in [0.25, 0.3) is 0 Å². The van der Waals surface area contributed by atoms with Gasteiger partial charge in [0.2, 0.25) is 11.8 Å². The van der Waals surface area contributed by atoms with Gasteiger partial charge in [-0.25, -0.2) is 4.79 Å². The summed E-state index contributed by atoms with van der Waals surface area (Å²) in [5.74, 6) is -2.02. The Bertz CT molecular complexity index is 928. The van der Waals surface area contributed by atoms with Crippen molar-refractivity contribution in [3.63, 3.8) is 0 Å². The van der Waals surface area contributed by atoms with Crippen LogP contribution in [0.4, 0.5) is 0 Å². The lowest BCUT2D eigenvalue weighted by molar-refractivity contribution is -0.905. The fourth-order valence-electron chi connectivity index (χ4n) is 5.92. The lowest BCUT2D eigenvalue weighted by Crippen LogP contribution is -2.63. The fourth-order valence-corrected chi connectivity index (χ4v) is 7.40. The van der Waals surface area contributed by atoms with Crippen LogP contribution in [0.5, 0.6) is 0 Å². The second-order valence-electron chi connectivity index (χ2n) is 10.5. The number of carbonyl (C=O) groups is 4. The Balaban J connectivity index is 1.38. The first-order chi connectivity index (χ1) is 15.9. The number of ketones is 1. The number of nitrogens with one attached hydrogen (secondary N) is 1. The predicted octanol–water partition coefficient (Wildman–Crippen LogP) is -0.518. The third-order valence-corrected chi connectivity index (χ3v) is 9.24. The van der Waals surface area contributed by atoms with Crippen LogP contribution >= 0.6 is 11.8 Å². The van der Waals surface area contributed by atoms with Gasteiger partial charge in [0, 0.05) is 29.5 Å². The number of aliphatic hydroxyl groups excluding tert-OH is 1. The van der Waals surface area contributed by atoms with E-state index in [2.05, 4.69) is 12.4 Å². The first kappa shape index (κ1) is 25.2. The number of carbonyl (C=O) groups excluding carboxylic acids is 3. The zero-order chi connectivity index (χ0) is 24.9. The molecule has 4 heterocycles. The number of quaternary nitrogens is 1. The number of amides is 2. The van der Waals surface area contributed by atoms with E-state index in [1.165, 1.54) is 16.7 Å². The highest BCUT2D eigenvalue weighted by molar-refractivity contribution is 8.03. The van der Waals surface area contributed by atoms with E-state index >= 15 is 0 Å².